The number of nitrogens with zero attached hydrogens (tertiary/aromatic N) is 3. The molecule has 0 aliphatic rings. The molecule has 6 nitrogen and oxygen atoms in total. The van der Waals surface area contributed by atoms with Gasteiger partial charge in [-0.15, -0.1) is 0 Å². The molecule has 0 spiro atoms. The number of hydrogen-bond acceptors (Lipinski definition) is 6. The van der Waals surface area contributed by atoms with E-state index >= 15 is 0 Å². The lowest BCUT2D eigenvalue weighted by molar-refractivity contribution is -0.115. The maximum atomic E-state index is 12.7. The second-order valence-electron chi connectivity index (χ2n) is 8.13. The zero-order chi connectivity index (χ0) is 23.9. The van der Waals surface area contributed by atoms with E-state index in [1.807, 2.05) is 99.9 Å². The van der Waals surface area contributed by atoms with Gasteiger partial charge in [0.15, 0.2) is 0 Å². The maximum absolute atomic E-state index is 12.7. The molecule has 0 unspecified atom stereocenters. The van der Waals surface area contributed by atoms with E-state index in [0.717, 1.165) is 33.6 Å². The molecule has 0 saturated carbocycles. The molecule has 0 radical (unpaired) electrons. The molecule has 172 valence electrons. The largest absolute Gasteiger partial charge is 0.378 e. The van der Waals surface area contributed by atoms with E-state index in [0.29, 0.717) is 16.6 Å². The van der Waals surface area contributed by atoms with Gasteiger partial charge in [-0.3, -0.25) is 10.2 Å². The molecule has 0 fully saturated rings. The first-order valence-electron chi connectivity index (χ1n) is 11.0. The van der Waals surface area contributed by atoms with E-state index in [9.17, 15) is 4.79 Å². The van der Waals surface area contributed by atoms with Crippen LogP contribution in [-0.4, -0.2) is 31.2 Å². The minimum absolute atomic E-state index is 0.0840. The van der Waals surface area contributed by atoms with Crippen LogP contribution in [0.2, 0.25) is 0 Å². The number of carbonyl (C=O) groups excluding carboxylic acids is 1. The quantitative estimate of drug-likeness (QED) is 0.252. The van der Waals surface area contributed by atoms with Gasteiger partial charge in [0.05, 0.1) is 12.6 Å². The maximum Gasteiger partial charge on any atom is 0.229 e. The zero-order valence-electron chi connectivity index (χ0n) is 19.4. The summed E-state index contributed by atoms with van der Waals surface area (Å²) in [7, 11) is 4.02. The highest BCUT2D eigenvalue weighted by molar-refractivity contribution is 7.20. The second-order valence-corrected chi connectivity index (χ2v) is 9.13. The molecule has 34 heavy (non-hydrogen) atoms. The first-order chi connectivity index (χ1) is 16.5. The fourth-order valence-electron chi connectivity index (χ4n) is 3.33. The molecule has 7 heteroatoms. The highest BCUT2D eigenvalue weighted by Crippen LogP contribution is 2.36. The van der Waals surface area contributed by atoms with Gasteiger partial charge in [0.2, 0.25) is 11.0 Å². The molecule has 1 aromatic heterocycles. The van der Waals surface area contributed by atoms with Crippen molar-refractivity contribution in [3.63, 3.8) is 0 Å². The Kier molecular flexibility index (Phi) is 7.34. The van der Waals surface area contributed by atoms with Crippen LogP contribution in [0, 0.1) is 6.92 Å². The van der Waals surface area contributed by atoms with Crippen molar-refractivity contribution < 1.29 is 4.79 Å². The number of aryl methyl sites for hydroxylation is 1. The topological polar surface area (TPSA) is 69.6 Å². The van der Waals surface area contributed by atoms with E-state index in [4.69, 9.17) is 4.98 Å². The molecule has 1 amide bonds. The first-order valence-corrected chi connectivity index (χ1v) is 11.8. The Bertz CT molecular complexity index is 1260. The number of rotatable bonds is 8. The Morgan fingerprint density at radius 3 is 2.38 bits per heavy atom. The third kappa shape index (κ3) is 6.08. The van der Waals surface area contributed by atoms with Crippen LogP contribution in [-0.2, 0) is 11.2 Å². The number of thiazole rings is 1. The van der Waals surface area contributed by atoms with E-state index in [2.05, 4.69) is 20.7 Å². The van der Waals surface area contributed by atoms with Crippen molar-refractivity contribution in [1.82, 2.24) is 4.98 Å². The summed E-state index contributed by atoms with van der Waals surface area (Å²) in [5.41, 5.74) is 8.90. The zero-order valence-corrected chi connectivity index (χ0v) is 20.3. The van der Waals surface area contributed by atoms with Crippen LogP contribution >= 0.6 is 11.3 Å². The highest BCUT2D eigenvalue weighted by atomic mass is 32.1. The molecule has 2 N–H and O–H groups in total. The molecule has 0 saturated heterocycles. The number of benzene rings is 3. The molecule has 3 aromatic carbocycles. The first kappa shape index (κ1) is 23.2. The predicted octanol–water partition coefficient (Wildman–Crippen LogP) is 5.81. The number of nitrogens with one attached hydrogen (secondary N) is 2. The van der Waals surface area contributed by atoms with Crippen LogP contribution in [0.15, 0.2) is 84.0 Å². The summed E-state index contributed by atoms with van der Waals surface area (Å²) in [5.74, 6) is -0.0840. The molecule has 4 rings (SSSR count). The van der Waals surface area contributed by atoms with Gasteiger partial charge in [-0.1, -0.05) is 83.6 Å². The Morgan fingerprint density at radius 2 is 1.71 bits per heavy atom. The van der Waals surface area contributed by atoms with Gasteiger partial charge in [-0.05, 0) is 30.2 Å². The Labute approximate surface area is 204 Å². The Hall–Kier alpha value is -3.97. The van der Waals surface area contributed by atoms with Gasteiger partial charge in [0, 0.05) is 25.3 Å². The monoisotopic (exact) mass is 469 g/mol. The fourth-order valence-corrected chi connectivity index (χ4v) is 4.19. The average Bonchev–Trinajstić information content (AvgIpc) is 3.22. The molecule has 1 heterocycles. The van der Waals surface area contributed by atoms with Gasteiger partial charge in [-0.2, -0.15) is 5.10 Å². The molecule has 0 aliphatic heterocycles. The van der Waals surface area contributed by atoms with E-state index in [1.54, 1.807) is 6.21 Å². The molecule has 0 bridgehead atoms. The number of anilines is 3. The van der Waals surface area contributed by atoms with Crippen molar-refractivity contribution in [1.29, 1.82) is 0 Å². The minimum Gasteiger partial charge on any atom is -0.378 e. The standard InChI is InChI=1S/C27H27N5OS/c1-19-9-13-22(14-10-19)25-26(29-24(33)17-20-7-5-4-6-8-20)34-27(30-25)31-28-18-21-11-15-23(16-12-21)32(2)3/h4-16,18H,17H2,1-3H3,(H,29,33)(H,30,31)/b28-18+. The van der Waals surface area contributed by atoms with Gasteiger partial charge in [-0.25, -0.2) is 4.98 Å². The average molecular weight is 470 g/mol. The van der Waals surface area contributed by atoms with Gasteiger partial charge < -0.3 is 10.2 Å². The number of hydrogen-bond donors (Lipinski definition) is 2. The summed E-state index contributed by atoms with van der Waals surface area (Å²) < 4.78 is 0. The van der Waals surface area contributed by atoms with Crippen molar-refractivity contribution in [3.8, 4) is 11.3 Å². The lowest BCUT2D eigenvalue weighted by Crippen LogP contribution is -2.14. The molecular weight excluding hydrogens is 442 g/mol. The van der Waals surface area contributed by atoms with Crippen LogP contribution in [0.3, 0.4) is 0 Å². The normalized spacial score (nSPS) is 10.9. The fraction of sp³-hybridized carbons (Fsp3) is 0.148. The van der Waals surface area contributed by atoms with Gasteiger partial charge in [0.25, 0.3) is 0 Å². The van der Waals surface area contributed by atoms with E-state index < -0.39 is 0 Å². The molecule has 0 atom stereocenters. The summed E-state index contributed by atoms with van der Waals surface area (Å²) in [6, 6.07) is 25.9. The highest BCUT2D eigenvalue weighted by Gasteiger charge is 2.16. The van der Waals surface area contributed by atoms with Gasteiger partial charge >= 0.3 is 0 Å². The second kappa shape index (κ2) is 10.8. The van der Waals surface area contributed by atoms with Crippen LogP contribution in [0.5, 0.6) is 0 Å². The van der Waals surface area contributed by atoms with Crippen molar-refractivity contribution >= 4 is 39.3 Å². The molecular formula is C27H27N5OS. The van der Waals surface area contributed by atoms with Crippen molar-refractivity contribution in [3.05, 3.63) is 95.6 Å². The number of carbonyl (C=O) groups is 1. The summed E-state index contributed by atoms with van der Waals surface area (Å²) in [5, 5.41) is 8.68. The third-order valence-electron chi connectivity index (χ3n) is 5.20. The van der Waals surface area contributed by atoms with E-state index in [1.165, 1.54) is 11.3 Å². The van der Waals surface area contributed by atoms with Crippen LogP contribution in [0.25, 0.3) is 11.3 Å². The molecule has 0 aliphatic carbocycles. The smallest absolute Gasteiger partial charge is 0.229 e. The number of aromatic nitrogens is 1. The van der Waals surface area contributed by atoms with Crippen molar-refractivity contribution in [2.75, 3.05) is 29.7 Å². The third-order valence-corrected chi connectivity index (χ3v) is 6.07. The lowest BCUT2D eigenvalue weighted by atomic mass is 10.1. The summed E-state index contributed by atoms with van der Waals surface area (Å²) in [6.07, 6.45) is 2.05. The predicted molar refractivity (Wildman–Crippen MR) is 143 cm³/mol. The Balaban J connectivity index is 1.52. The summed E-state index contributed by atoms with van der Waals surface area (Å²) >= 11 is 1.36. The molecule has 4 aromatic rings. The van der Waals surface area contributed by atoms with Crippen LogP contribution < -0.4 is 15.6 Å². The summed E-state index contributed by atoms with van der Waals surface area (Å²) in [4.78, 5) is 19.5. The van der Waals surface area contributed by atoms with Crippen molar-refractivity contribution in [2.24, 2.45) is 5.10 Å². The number of amides is 1. The van der Waals surface area contributed by atoms with E-state index in [-0.39, 0.29) is 5.91 Å². The lowest BCUT2D eigenvalue weighted by Gasteiger charge is -2.11. The Morgan fingerprint density at radius 1 is 1.00 bits per heavy atom. The van der Waals surface area contributed by atoms with Crippen LogP contribution in [0.4, 0.5) is 15.8 Å². The minimum atomic E-state index is -0.0840. The number of hydrazone groups is 1. The SMILES string of the molecule is Cc1ccc(-c2nc(N/N=C/c3ccc(N(C)C)cc3)sc2NC(=O)Cc2ccccc2)cc1. The van der Waals surface area contributed by atoms with Crippen LogP contribution in [0.1, 0.15) is 16.7 Å². The summed E-state index contributed by atoms with van der Waals surface area (Å²) in [6.45, 7) is 2.04. The van der Waals surface area contributed by atoms with Crippen molar-refractivity contribution in [2.45, 2.75) is 13.3 Å². The van der Waals surface area contributed by atoms with Gasteiger partial charge in [0.1, 0.15) is 10.7 Å².